The summed E-state index contributed by atoms with van der Waals surface area (Å²) in [6, 6.07) is 6.33. The maximum atomic E-state index is 11.6. The molecule has 3 heteroatoms. The maximum Gasteiger partial charge on any atom is 0.325 e. The van der Waals surface area contributed by atoms with E-state index in [0.717, 1.165) is 12.1 Å². The van der Waals surface area contributed by atoms with Crippen molar-refractivity contribution in [3.05, 3.63) is 29.3 Å². The summed E-state index contributed by atoms with van der Waals surface area (Å²) in [5.74, 6) is -0.219. The van der Waals surface area contributed by atoms with Crippen LogP contribution in [-0.4, -0.2) is 18.1 Å². The van der Waals surface area contributed by atoms with Crippen LogP contribution >= 0.6 is 0 Å². The maximum absolute atomic E-state index is 11.6. The van der Waals surface area contributed by atoms with Gasteiger partial charge in [-0.15, -0.1) is 0 Å². The minimum Gasteiger partial charge on any atom is -0.459 e. The minimum absolute atomic E-state index is 0.218. The largest absolute Gasteiger partial charge is 0.459 e. The number of ether oxygens (including phenoxy) is 1. The van der Waals surface area contributed by atoms with Gasteiger partial charge in [0.2, 0.25) is 0 Å². The first kappa shape index (κ1) is 12.9. The van der Waals surface area contributed by atoms with Crippen molar-refractivity contribution >= 4 is 11.7 Å². The molecule has 98 valence electrons. The molecule has 0 unspecified atom stereocenters. The van der Waals surface area contributed by atoms with Crippen molar-refractivity contribution in [2.75, 3.05) is 11.9 Å². The number of benzene rings is 1. The van der Waals surface area contributed by atoms with Gasteiger partial charge in [0, 0.05) is 5.69 Å². The predicted molar refractivity (Wildman–Crippen MR) is 72.8 cm³/mol. The highest BCUT2D eigenvalue weighted by Crippen LogP contribution is 2.24. The van der Waals surface area contributed by atoms with Crippen LogP contribution in [0.3, 0.4) is 0 Å². The molecule has 0 spiro atoms. The molecule has 2 rings (SSSR count). The first-order valence-electron chi connectivity index (χ1n) is 6.51. The van der Waals surface area contributed by atoms with E-state index in [9.17, 15) is 4.79 Å². The third kappa shape index (κ3) is 3.49. The molecule has 0 heterocycles. The standard InChI is InChI=1S/C15H21NO2/c1-15(2,3)18-14(17)10-16-13-8-7-11-5-4-6-12(11)9-13/h7-9,16H,4-6,10H2,1-3H3. The zero-order valence-corrected chi connectivity index (χ0v) is 11.4. The summed E-state index contributed by atoms with van der Waals surface area (Å²) in [5, 5.41) is 3.12. The third-order valence-corrected chi connectivity index (χ3v) is 2.96. The second kappa shape index (κ2) is 5.01. The van der Waals surface area contributed by atoms with E-state index < -0.39 is 5.60 Å². The van der Waals surface area contributed by atoms with Crippen molar-refractivity contribution in [2.24, 2.45) is 0 Å². The molecule has 1 aromatic rings. The fraction of sp³-hybridized carbons (Fsp3) is 0.533. The average Bonchev–Trinajstić information content (AvgIpc) is 2.71. The molecule has 0 bridgehead atoms. The van der Waals surface area contributed by atoms with Gasteiger partial charge in [-0.3, -0.25) is 4.79 Å². The Bertz CT molecular complexity index is 446. The summed E-state index contributed by atoms with van der Waals surface area (Å²) in [5.41, 5.74) is 3.43. The monoisotopic (exact) mass is 247 g/mol. The number of carbonyl (C=O) groups excluding carboxylic acids is 1. The molecule has 0 aliphatic heterocycles. The Morgan fingerprint density at radius 2 is 2.00 bits per heavy atom. The second-order valence-corrected chi connectivity index (χ2v) is 5.78. The van der Waals surface area contributed by atoms with Gasteiger partial charge in [0.15, 0.2) is 0 Å². The number of rotatable bonds is 3. The first-order chi connectivity index (χ1) is 8.44. The van der Waals surface area contributed by atoms with Crippen molar-refractivity contribution in [1.29, 1.82) is 0 Å². The summed E-state index contributed by atoms with van der Waals surface area (Å²) >= 11 is 0. The van der Waals surface area contributed by atoms with Crippen LogP contribution in [0.2, 0.25) is 0 Å². The van der Waals surface area contributed by atoms with Gasteiger partial charge in [-0.1, -0.05) is 6.07 Å². The molecule has 0 saturated heterocycles. The van der Waals surface area contributed by atoms with Crippen molar-refractivity contribution in [3.63, 3.8) is 0 Å². The van der Waals surface area contributed by atoms with Gasteiger partial charge in [-0.25, -0.2) is 0 Å². The molecule has 1 aliphatic rings. The first-order valence-corrected chi connectivity index (χ1v) is 6.51. The second-order valence-electron chi connectivity index (χ2n) is 5.78. The predicted octanol–water partition coefficient (Wildman–Crippen LogP) is 2.93. The molecular weight excluding hydrogens is 226 g/mol. The van der Waals surface area contributed by atoms with Crippen molar-refractivity contribution in [1.82, 2.24) is 0 Å². The Morgan fingerprint density at radius 3 is 2.72 bits per heavy atom. The van der Waals surface area contributed by atoms with E-state index in [1.165, 1.54) is 24.0 Å². The molecule has 1 aliphatic carbocycles. The molecule has 0 amide bonds. The Balaban J connectivity index is 1.89. The van der Waals surface area contributed by atoms with E-state index in [4.69, 9.17) is 4.74 Å². The lowest BCUT2D eigenvalue weighted by molar-refractivity contribution is -0.152. The molecule has 0 saturated carbocycles. The Morgan fingerprint density at radius 1 is 1.28 bits per heavy atom. The zero-order valence-electron chi connectivity index (χ0n) is 11.4. The van der Waals surface area contributed by atoms with Gasteiger partial charge in [-0.2, -0.15) is 0 Å². The van der Waals surface area contributed by atoms with Crippen LogP contribution < -0.4 is 5.32 Å². The Kier molecular flexibility index (Phi) is 3.60. The number of hydrogen-bond donors (Lipinski definition) is 1. The van der Waals surface area contributed by atoms with E-state index >= 15 is 0 Å². The van der Waals surface area contributed by atoms with Crippen LogP contribution in [0.15, 0.2) is 18.2 Å². The van der Waals surface area contributed by atoms with E-state index in [1.54, 1.807) is 0 Å². The Labute approximate surface area is 109 Å². The van der Waals surface area contributed by atoms with Crippen LogP contribution in [0.4, 0.5) is 5.69 Å². The fourth-order valence-corrected chi connectivity index (χ4v) is 2.23. The number of anilines is 1. The van der Waals surface area contributed by atoms with Gasteiger partial charge in [0.1, 0.15) is 12.1 Å². The summed E-state index contributed by atoms with van der Waals surface area (Å²) < 4.78 is 5.25. The Hall–Kier alpha value is -1.51. The van der Waals surface area contributed by atoms with Crippen molar-refractivity contribution in [3.8, 4) is 0 Å². The van der Waals surface area contributed by atoms with Crippen molar-refractivity contribution < 1.29 is 9.53 Å². The van der Waals surface area contributed by atoms with Gasteiger partial charge in [0.05, 0.1) is 0 Å². The summed E-state index contributed by atoms with van der Waals surface area (Å²) in [7, 11) is 0. The topological polar surface area (TPSA) is 38.3 Å². The zero-order chi connectivity index (χ0) is 13.2. The number of hydrogen-bond acceptors (Lipinski definition) is 3. The molecule has 3 nitrogen and oxygen atoms in total. The van der Waals surface area contributed by atoms with Crippen molar-refractivity contribution in [2.45, 2.75) is 45.6 Å². The SMILES string of the molecule is CC(C)(C)OC(=O)CNc1ccc2c(c1)CCC2. The molecule has 1 N–H and O–H groups in total. The quantitative estimate of drug-likeness (QED) is 0.835. The molecule has 0 atom stereocenters. The fourth-order valence-electron chi connectivity index (χ4n) is 2.23. The third-order valence-electron chi connectivity index (χ3n) is 2.96. The number of esters is 1. The lowest BCUT2D eigenvalue weighted by Crippen LogP contribution is -2.28. The van der Waals surface area contributed by atoms with Gasteiger partial charge < -0.3 is 10.1 Å². The normalized spacial score (nSPS) is 14.2. The van der Waals surface area contributed by atoms with E-state index in [-0.39, 0.29) is 12.5 Å². The number of aryl methyl sites for hydroxylation is 2. The van der Waals surface area contributed by atoms with Crippen LogP contribution in [-0.2, 0) is 22.4 Å². The number of carbonyl (C=O) groups is 1. The van der Waals surface area contributed by atoms with Crippen LogP contribution in [0.5, 0.6) is 0 Å². The lowest BCUT2D eigenvalue weighted by atomic mass is 10.1. The number of fused-ring (bicyclic) bond motifs is 1. The highest BCUT2D eigenvalue weighted by molar-refractivity contribution is 5.75. The molecule has 18 heavy (non-hydrogen) atoms. The molecule has 1 aromatic carbocycles. The van der Waals surface area contributed by atoms with E-state index in [0.29, 0.717) is 0 Å². The highest BCUT2D eigenvalue weighted by atomic mass is 16.6. The molecule has 0 radical (unpaired) electrons. The summed E-state index contributed by atoms with van der Waals surface area (Å²) in [4.78, 5) is 11.6. The average molecular weight is 247 g/mol. The van der Waals surface area contributed by atoms with Gasteiger partial charge in [0.25, 0.3) is 0 Å². The van der Waals surface area contributed by atoms with E-state index in [2.05, 4.69) is 17.4 Å². The van der Waals surface area contributed by atoms with Crippen LogP contribution in [0, 0.1) is 0 Å². The van der Waals surface area contributed by atoms with E-state index in [1.807, 2.05) is 26.8 Å². The molecule has 0 aromatic heterocycles. The smallest absolute Gasteiger partial charge is 0.325 e. The van der Waals surface area contributed by atoms with Gasteiger partial charge in [-0.05, 0) is 63.3 Å². The molecule has 0 fully saturated rings. The lowest BCUT2D eigenvalue weighted by Gasteiger charge is -2.19. The summed E-state index contributed by atoms with van der Waals surface area (Å²) in [6.07, 6.45) is 3.57. The summed E-state index contributed by atoms with van der Waals surface area (Å²) in [6.45, 7) is 5.84. The minimum atomic E-state index is -0.420. The van der Waals surface area contributed by atoms with Crippen LogP contribution in [0.25, 0.3) is 0 Å². The van der Waals surface area contributed by atoms with Crippen LogP contribution in [0.1, 0.15) is 38.3 Å². The highest BCUT2D eigenvalue weighted by Gasteiger charge is 2.16. The van der Waals surface area contributed by atoms with Gasteiger partial charge >= 0.3 is 5.97 Å². The molecular formula is C15H21NO2. The number of nitrogens with one attached hydrogen (secondary N) is 1.